The summed E-state index contributed by atoms with van der Waals surface area (Å²) in [5.74, 6) is 0.988. The van der Waals surface area contributed by atoms with Crippen molar-refractivity contribution in [2.24, 2.45) is 0 Å². The van der Waals surface area contributed by atoms with Crippen LogP contribution in [0.2, 0.25) is 0 Å². The van der Waals surface area contributed by atoms with Gasteiger partial charge in [-0.1, -0.05) is 28.9 Å². The Bertz CT molecular complexity index is 676. The van der Waals surface area contributed by atoms with Gasteiger partial charge in [-0.15, -0.1) is 11.6 Å². The highest BCUT2D eigenvalue weighted by atomic mass is 79.9. The van der Waals surface area contributed by atoms with Crippen LogP contribution < -0.4 is 4.74 Å². The van der Waals surface area contributed by atoms with Crippen LogP contribution in [0.1, 0.15) is 18.1 Å². The van der Waals surface area contributed by atoms with E-state index < -0.39 is 4.92 Å². The van der Waals surface area contributed by atoms with Gasteiger partial charge in [-0.05, 0) is 36.2 Å². The molecular formula is C15H13BrClNO3. The van der Waals surface area contributed by atoms with Gasteiger partial charge in [0.2, 0.25) is 5.75 Å². The van der Waals surface area contributed by atoms with Gasteiger partial charge < -0.3 is 4.74 Å². The van der Waals surface area contributed by atoms with Gasteiger partial charge in [-0.25, -0.2) is 0 Å². The number of halogens is 2. The molecule has 2 rings (SSSR count). The van der Waals surface area contributed by atoms with Crippen LogP contribution >= 0.6 is 27.5 Å². The Morgan fingerprint density at radius 1 is 1.24 bits per heavy atom. The van der Waals surface area contributed by atoms with E-state index in [4.69, 9.17) is 16.3 Å². The first-order valence-corrected chi connectivity index (χ1v) is 7.67. The number of rotatable bonds is 5. The summed E-state index contributed by atoms with van der Waals surface area (Å²) in [5, 5.41) is 11.2. The van der Waals surface area contributed by atoms with Gasteiger partial charge in [0.1, 0.15) is 5.75 Å². The van der Waals surface area contributed by atoms with Crippen LogP contribution in [0.25, 0.3) is 0 Å². The predicted molar refractivity (Wildman–Crippen MR) is 86.2 cm³/mol. The zero-order valence-corrected chi connectivity index (χ0v) is 13.6. The third-order valence-corrected chi connectivity index (χ3v) is 3.80. The smallest absolute Gasteiger partial charge is 0.311 e. The Kier molecular flexibility index (Phi) is 5.20. The van der Waals surface area contributed by atoms with Crippen molar-refractivity contribution in [3.8, 4) is 11.5 Å². The molecule has 0 unspecified atom stereocenters. The highest BCUT2D eigenvalue weighted by molar-refractivity contribution is 9.10. The van der Waals surface area contributed by atoms with Crippen molar-refractivity contribution in [2.45, 2.75) is 19.2 Å². The fraction of sp³-hybridized carbons (Fsp3) is 0.200. The normalized spacial score (nSPS) is 10.4. The molecule has 2 aromatic carbocycles. The molecule has 0 aliphatic rings. The van der Waals surface area contributed by atoms with E-state index in [1.54, 1.807) is 18.2 Å². The molecule has 110 valence electrons. The van der Waals surface area contributed by atoms with Gasteiger partial charge in [0.25, 0.3) is 0 Å². The summed E-state index contributed by atoms with van der Waals surface area (Å²) in [4.78, 5) is 10.7. The molecule has 0 radical (unpaired) electrons. The monoisotopic (exact) mass is 369 g/mol. The van der Waals surface area contributed by atoms with E-state index in [0.29, 0.717) is 5.75 Å². The lowest BCUT2D eigenvalue weighted by atomic mass is 10.1. The standard InChI is InChI=1S/C15H13BrClNO3/c1-2-10-3-5-15(13(7-10)18(19)20)21-14-6-4-12(16)8-11(14)9-17/h3-8H,2,9H2,1H3. The van der Waals surface area contributed by atoms with Gasteiger partial charge >= 0.3 is 5.69 Å². The predicted octanol–water partition coefficient (Wildman–Crippen LogP) is 5.45. The van der Waals surface area contributed by atoms with E-state index in [1.807, 2.05) is 19.1 Å². The number of nitro groups is 1. The van der Waals surface area contributed by atoms with Crippen molar-refractivity contribution in [3.05, 3.63) is 62.1 Å². The summed E-state index contributed by atoms with van der Waals surface area (Å²) < 4.78 is 6.58. The molecule has 0 aliphatic carbocycles. The van der Waals surface area contributed by atoms with Crippen molar-refractivity contribution in [1.82, 2.24) is 0 Å². The molecule has 4 nitrogen and oxygen atoms in total. The highest BCUT2D eigenvalue weighted by Crippen LogP contribution is 2.35. The zero-order chi connectivity index (χ0) is 15.4. The Hall–Kier alpha value is -1.59. The van der Waals surface area contributed by atoms with E-state index in [0.717, 1.165) is 22.0 Å². The van der Waals surface area contributed by atoms with Crippen molar-refractivity contribution in [3.63, 3.8) is 0 Å². The molecule has 0 aliphatic heterocycles. The average Bonchev–Trinajstić information content (AvgIpc) is 2.49. The molecule has 0 bridgehead atoms. The molecule has 0 N–H and O–H groups in total. The Morgan fingerprint density at radius 2 is 1.95 bits per heavy atom. The van der Waals surface area contributed by atoms with Gasteiger partial charge in [-0.3, -0.25) is 10.1 Å². The second-order valence-corrected chi connectivity index (χ2v) is 5.58. The van der Waals surface area contributed by atoms with E-state index in [1.165, 1.54) is 6.07 Å². The molecule has 0 spiro atoms. The first kappa shape index (κ1) is 15.8. The van der Waals surface area contributed by atoms with Gasteiger partial charge in [0.05, 0.1) is 10.8 Å². The summed E-state index contributed by atoms with van der Waals surface area (Å²) in [6.45, 7) is 1.94. The van der Waals surface area contributed by atoms with Crippen LogP contribution in [0.5, 0.6) is 11.5 Å². The van der Waals surface area contributed by atoms with E-state index in [9.17, 15) is 10.1 Å². The lowest BCUT2D eigenvalue weighted by Gasteiger charge is -2.11. The molecule has 2 aromatic rings. The van der Waals surface area contributed by atoms with Crippen LogP contribution in [0.3, 0.4) is 0 Å². The topological polar surface area (TPSA) is 52.4 Å². The number of nitrogens with zero attached hydrogens (tertiary/aromatic N) is 1. The van der Waals surface area contributed by atoms with E-state index in [-0.39, 0.29) is 17.3 Å². The van der Waals surface area contributed by atoms with Gasteiger partial charge in [-0.2, -0.15) is 0 Å². The third-order valence-electron chi connectivity index (χ3n) is 3.01. The van der Waals surface area contributed by atoms with Crippen molar-refractivity contribution in [1.29, 1.82) is 0 Å². The summed E-state index contributed by atoms with van der Waals surface area (Å²) >= 11 is 9.24. The minimum Gasteiger partial charge on any atom is -0.450 e. The third kappa shape index (κ3) is 3.74. The number of aryl methyl sites for hydroxylation is 1. The minimum atomic E-state index is -0.437. The first-order valence-electron chi connectivity index (χ1n) is 6.34. The molecule has 0 fully saturated rings. The van der Waals surface area contributed by atoms with Crippen LogP contribution in [-0.2, 0) is 12.3 Å². The second-order valence-electron chi connectivity index (χ2n) is 4.40. The van der Waals surface area contributed by atoms with Crippen LogP contribution in [0.4, 0.5) is 5.69 Å². The zero-order valence-electron chi connectivity index (χ0n) is 11.3. The highest BCUT2D eigenvalue weighted by Gasteiger charge is 2.17. The minimum absolute atomic E-state index is 0.0437. The molecule has 0 saturated carbocycles. The summed E-state index contributed by atoms with van der Waals surface area (Å²) in [5.41, 5.74) is 1.61. The Morgan fingerprint density at radius 3 is 2.57 bits per heavy atom. The van der Waals surface area contributed by atoms with Crippen molar-refractivity contribution >= 4 is 33.2 Å². The number of nitro benzene ring substituents is 1. The maximum Gasteiger partial charge on any atom is 0.311 e. The van der Waals surface area contributed by atoms with E-state index in [2.05, 4.69) is 15.9 Å². The number of hydrogen-bond acceptors (Lipinski definition) is 3. The Labute approximate surface area is 136 Å². The van der Waals surface area contributed by atoms with Crippen LogP contribution in [0.15, 0.2) is 40.9 Å². The molecule has 0 aromatic heterocycles. The quantitative estimate of drug-likeness (QED) is 0.399. The SMILES string of the molecule is CCc1ccc(Oc2ccc(Br)cc2CCl)c([N+](=O)[O-])c1. The number of benzene rings is 2. The summed E-state index contributed by atoms with van der Waals surface area (Å²) in [6.07, 6.45) is 0.729. The molecule has 0 heterocycles. The number of alkyl halides is 1. The first-order chi connectivity index (χ1) is 10.0. The number of hydrogen-bond donors (Lipinski definition) is 0. The molecule has 6 heteroatoms. The maximum absolute atomic E-state index is 11.2. The average molecular weight is 371 g/mol. The van der Waals surface area contributed by atoms with Gasteiger partial charge in [0.15, 0.2) is 0 Å². The van der Waals surface area contributed by atoms with Crippen molar-refractivity contribution in [2.75, 3.05) is 0 Å². The lowest BCUT2D eigenvalue weighted by molar-refractivity contribution is -0.385. The fourth-order valence-corrected chi connectivity index (χ4v) is 2.50. The largest absolute Gasteiger partial charge is 0.450 e. The van der Waals surface area contributed by atoms with Crippen LogP contribution in [-0.4, -0.2) is 4.92 Å². The Balaban J connectivity index is 2.42. The molecular weight excluding hydrogens is 358 g/mol. The molecule has 21 heavy (non-hydrogen) atoms. The van der Waals surface area contributed by atoms with E-state index >= 15 is 0 Å². The summed E-state index contributed by atoms with van der Waals surface area (Å²) in [7, 11) is 0. The number of ether oxygens (including phenoxy) is 1. The van der Waals surface area contributed by atoms with Crippen molar-refractivity contribution < 1.29 is 9.66 Å². The molecule has 0 atom stereocenters. The van der Waals surface area contributed by atoms with Crippen LogP contribution in [0, 0.1) is 10.1 Å². The molecule has 0 amide bonds. The maximum atomic E-state index is 11.2. The molecule has 0 saturated heterocycles. The summed E-state index contributed by atoms with van der Waals surface area (Å²) in [6, 6.07) is 10.3. The lowest BCUT2D eigenvalue weighted by Crippen LogP contribution is -1.96. The fourth-order valence-electron chi connectivity index (χ4n) is 1.88. The van der Waals surface area contributed by atoms with Gasteiger partial charge in [0, 0.05) is 16.1 Å². The second kappa shape index (κ2) is 6.91.